The molecule has 4 rings (SSSR count). The second kappa shape index (κ2) is 10.5. The predicted molar refractivity (Wildman–Crippen MR) is 130 cm³/mol. The molecule has 0 saturated heterocycles. The molecule has 2 aliphatic rings. The highest BCUT2D eigenvalue weighted by Crippen LogP contribution is 2.45. The zero-order valence-electron chi connectivity index (χ0n) is 18.8. The van der Waals surface area contributed by atoms with E-state index in [1.807, 2.05) is 30.3 Å². The first-order valence-electron chi connectivity index (χ1n) is 11.0. The summed E-state index contributed by atoms with van der Waals surface area (Å²) < 4.78 is 5.25. The summed E-state index contributed by atoms with van der Waals surface area (Å²) >= 11 is 1.25. The average molecular weight is 476 g/mol. The summed E-state index contributed by atoms with van der Waals surface area (Å²) in [6.45, 7) is 0.428. The first-order valence-corrected chi connectivity index (χ1v) is 12.0. The van der Waals surface area contributed by atoms with Gasteiger partial charge in [-0.25, -0.2) is 0 Å². The van der Waals surface area contributed by atoms with Crippen LogP contribution in [0.15, 0.2) is 70.4 Å². The molecule has 0 spiro atoms. The zero-order chi connectivity index (χ0) is 24.1. The van der Waals surface area contributed by atoms with Crippen LogP contribution in [-0.4, -0.2) is 29.7 Å². The van der Waals surface area contributed by atoms with Crippen LogP contribution in [0.5, 0.6) is 11.5 Å². The SMILES string of the molecule is COc1cc([C@@H]2C(C#N)=C(SCC(=O)NCc3ccccc3)NC3=C2C(=O)CCC3)ccc1O. The largest absolute Gasteiger partial charge is 0.504 e. The number of phenolic OH excluding ortho intramolecular Hbond substituents is 1. The number of ketones is 1. The molecule has 1 atom stereocenters. The molecule has 0 aromatic heterocycles. The molecule has 3 N–H and O–H groups in total. The molecule has 2 aromatic rings. The Labute approximate surface area is 202 Å². The monoisotopic (exact) mass is 475 g/mol. The van der Waals surface area contributed by atoms with Crippen molar-refractivity contribution in [2.45, 2.75) is 31.7 Å². The molecule has 1 aliphatic heterocycles. The minimum Gasteiger partial charge on any atom is -0.504 e. The van der Waals surface area contributed by atoms with Gasteiger partial charge in [0.2, 0.25) is 5.91 Å². The summed E-state index contributed by atoms with van der Waals surface area (Å²) in [7, 11) is 1.45. The van der Waals surface area contributed by atoms with E-state index in [1.54, 1.807) is 12.1 Å². The van der Waals surface area contributed by atoms with E-state index in [9.17, 15) is 20.0 Å². The number of nitrogens with zero attached hydrogens (tertiary/aromatic N) is 1. The number of benzene rings is 2. The van der Waals surface area contributed by atoms with E-state index in [0.29, 0.717) is 41.1 Å². The Bertz CT molecular complexity index is 1210. The standard InChI is InChI=1S/C26H25N3O4S/c1-33-22-12-17(10-11-20(22)30)24-18(13-27)26(29-19-8-5-9-21(31)25(19)24)34-15-23(32)28-14-16-6-3-2-4-7-16/h2-4,6-7,10-12,24,29-30H,5,8-9,14-15H2,1H3,(H,28,32)/t24-/m1/s1. The summed E-state index contributed by atoms with van der Waals surface area (Å²) in [5, 5.41) is 26.9. The summed E-state index contributed by atoms with van der Waals surface area (Å²) in [6.07, 6.45) is 1.85. The van der Waals surface area contributed by atoms with Crippen molar-refractivity contribution in [1.29, 1.82) is 5.26 Å². The Morgan fingerprint density at radius 3 is 2.79 bits per heavy atom. The number of ether oxygens (including phenoxy) is 1. The van der Waals surface area contributed by atoms with Crippen molar-refractivity contribution in [2.75, 3.05) is 12.9 Å². The molecule has 0 fully saturated rings. The molecule has 34 heavy (non-hydrogen) atoms. The first-order chi connectivity index (χ1) is 16.5. The maximum absolute atomic E-state index is 12.9. The molecule has 0 bridgehead atoms. The number of rotatable bonds is 7. The number of nitrogens with one attached hydrogen (secondary N) is 2. The van der Waals surface area contributed by atoms with E-state index in [0.717, 1.165) is 17.7 Å². The number of hydrogen-bond acceptors (Lipinski definition) is 7. The normalized spacial score (nSPS) is 17.5. The Morgan fingerprint density at radius 2 is 2.06 bits per heavy atom. The number of allylic oxidation sites excluding steroid dienone is 3. The van der Waals surface area contributed by atoms with Gasteiger partial charge in [0.15, 0.2) is 17.3 Å². The van der Waals surface area contributed by atoms with Crippen LogP contribution in [0, 0.1) is 11.3 Å². The fraction of sp³-hybridized carbons (Fsp3) is 0.269. The quantitative estimate of drug-likeness (QED) is 0.557. The van der Waals surface area contributed by atoms with E-state index in [-0.39, 0.29) is 28.9 Å². The lowest BCUT2D eigenvalue weighted by Crippen LogP contribution is -2.32. The van der Waals surface area contributed by atoms with Gasteiger partial charge in [0.1, 0.15) is 0 Å². The Kier molecular flexibility index (Phi) is 7.24. The summed E-state index contributed by atoms with van der Waals surface area (Å²) in [5.74, 6) is -0.350. The summed E-state index contributed by atoms with van der Waals surface area (Å²) in [4.78, 5) is 25.4. The molecule has 0 saturated carbocycles. The molecule has 174 valence electrons. The number of methoxy groups -OCH3 is 1. The van der Waals surface area contributed by atoms with Gasteiger partial charge >= 0.3 is 0 Å². The number of aromatic hydroxyl groups is 1. The van der Waals surface area contributed by atoms with Gasteiger partial charge in [-0.3, -0.25) is 9.59 Å². The molecular weight excluding hydrogens is 450 g/mol. The van der Waals surface area contributed by atoms with Crippen LogP contribution in [0.4, 0.5) is 0 Å². The molecule has 2 aromatic carbocycles. The Morgan fingerprint density at radius 1 is 1.26 bits per heavy atom. The van der Waals surface area contributed by atoms with Crippen LogP contribution in [0.3, 0.4) is 0 Å². The van der Waals surface area contributed by atoms with Crippen LogP contribution in [0.2, 0.25) is 0 Å². The number of Topliss-reactive ketones (excluding diaryl/α,β-unsaturated/α-hetero) is 1. The maximum Gasteiger partial charge on any atom is 0.230 e. The second-order valence-electron chi connectivity index (χ2n) is 8.06. The molecule has 0 radical (unpaired) electrons. The first kappa shape index (κ1) is 23.5. The minimum absolute atomic E-state index is 0.00296. The van der Waals surface area contributed by atoms with Crippen LogP contribution in [0.25, 0.3) is 0 Å². The smallest absolute Gasteiger partial charge is 0.230 e. The number of amides is 1. The predicted octanol–water partition coefficient (Wildman–Crippen LogP) is 3.88. The van der Waals surface area contributed by atoms with Gasteiger partial charge in [-0.1, -0.05) is 48.2 Å². The Hall–Kier alpha value is -3.70. The van der Waals surface area contributed by atoms with Crippen molar-refractivity contribution in [3.63, 3.8) is 0 Å². The van der Waals surface area contributed by atoms with Crippen molar-refractivity contribution in [2.24, 2.45) is 0 Å². The van der Waals surface area contributed by atoms with Crippen molar-refractivity contribution >= 4 is 23.5 Å². The lowest BCUT2D eigenvalue weighted by Gasteiger charge is -2.33. The number of thioether (sulfide) groups is 1. The number of dihydropyridines is 1. The lowest BCUT2D eigenvalue weighted by molar-refractivity contribution is -0.119. The van der Waals surface area contributed by atoms with E-state index < -0.39 is 5.92 Å². The molecule has 8 heteroatoms. The summed E-state index contributed by atoms with van der Waals surface area (Å²) in [6, 6.07) is 16.8. The minimum atomic E-state index is -0.585. The highest BCUT2D eigenvalue weighted by atomic mass is 32.2. The van der Waals surface area contributed by atoms with Gasteiger partial charge in [0.25, 0.3) is 0 Å². The highest BCUT2D eigenvalue weighted by Gasteiger charge is 2.37. The third-order valence-electron chi connectivity index (χ3n) is 5.88. The third-order valence-corrected chi connectivity index (χ3v) is 6.90. The maximum atomic E-state index is 12.9. The Balaban J connectivity index is 1.60. The summed E-state index contributed by atoms with van der Waals surface area (Å²) in [5.41, 5.74) is 3.43. The van der Waals surface area contributed by atoms with Crippen LogP contribution in [0.1, 0.15) is 36.3 Å². The highest BCUT2D eigenvalue weighted by molar-refractivity contribution is 8.03. The fourth-order valence-corrected chi connectivity index (χ4v) is 5.12. The van der Waals surface area contributed by atoms with Crippen LogP contribution < -0.4 is 15.4 Å². The van der Waals surface area contributed by atoms with E-state index in [1.165, 1.54) is 24.9 Å². The molecule has 1 heterocycles. The van der Waals surface area contributed by atoms with Crippen molar-refractivity contribution in [3.05, 3.63) is 81.5 Å². The second-order valence-corrected chi connectivity index (χ2v) is 9.05. The van der Waals surface area contributed by atoms with Crippen molar-refractivity contribution in [1.82, 2.24) is 10.6 Å². The van der Waals surface area contributed by atoms with Gasteiger partial charge in [0, 0.05) is 24.2 Å². The third kappa shape index (κ3) is 4.95. The van der Waals surface area contributed by atoms with E-state index >= 15 is 0 Å². The van der Waals surface area contributed by atoms with E-state index in [2.05, 4.69) is 16.7 Å². The molecule has 1 aliphatic carbocycles. The van der Waals surface area contributed by atoms with Crippen molar-refractivity contribution < 1.29 is 19.4 Å². The van der Waals surface area contributed by atoms with Gasteiger partial charge in [-0.05, 0) is 36.1 Å². The fourth-order valence-electron chi connectivity index (χ4n) is 4.23. The topological polar surface area (TPSA) is 111 Å². The molecule has 1 amide bonds. The average Bonchev–Trinajstić information content (AvgIpc) is 2.86. The van der Waals surface area contributed by atoms with E-state index in [4.69, 9.17) is 4.74 Å². The van der Waals surface area contributed by atoms with Gasteiger partial charge in [0.05, 0.1) is 35.5 Å². The zero-order valence-corrected chi connectivity index (χ0v) is 19.6. The van der Waals surface area contributed by atoms with Gasteiger partial charge in [-0.15, -0.1) is 0 Å². The van der Waals surface area contributed by atoms with Gasteiger partial charge in [-0.2, -0.15) is 5.26 Å². The molecular formula is C26H25N3O4S. The lowest BCUT2D eigenvalue weighted by atomic mass is 9.77. The number of carbonyl (C=O) groups is 2. The molecule has 7 nitrogen and oxygen atoms in total. The van der Waals surface area contributed by atoms with Crippen LogP contribution >= 0.6 is 11.8 Å². The number of hydrogen-bond donors (Lipinski definition) is 3. The number of phenols is 1. The number of nitriles is 1. The molecule has 0 unspecified atom stereocenters. The van der Waals surface area contributed by atoms with Crippen molar-refractivity contribution in [3.8, 4) is 17.6 Å². The van der Waals surface area contributed by atoms with Crippen LogP contribution in [-0.2, 0) is 16.1 Å². The number of carbonyl (C=O) groups excluding carboxylic acids is 2. The van der Waals surface area contributed by atoms with Gasteiger partial charge < -0.3 is 20.5 Å².